The van der Waals surface area contributed by atoms with Gasteiger partial charge in [-0.3, -0.25) is 4.79 Å². The molecule has 1 rings (SSSR count). The van der Waals surface area contributed by atoms with Crippen LogP contribution < -0.4 is 0 Å². The average Bonchev–Trinajstić information content (AvgIpc) is 2.32. The second-order valence-electron chi connectivity index (χ2n) is 2.49. The number of allylic oxidation sites excluding steroid dienone is 1. The van der Waals surface area contributed by atoms with Gasteiger partial charge in [-0.1, -0.05) is 12.2 Å². The quantitative estimate of drug-likeness (QED) is 0.499. The summed E-state index contributed by atoms with van der Waals surface area (Å²) in [6, 6.07) is 0. The number of rotatable bonds is 2. The molecule has 0 amide bonds. The molecular weight excluding hydrogens is 164 g/mol. The van der Waals surface area contributed by atoms with Gasteiger partial charge in [-0.05, 0) is 6.08 Å². The molecule has 0 fully saturated rings. The van der Waals surface area contributed by atoms with Crippen molar-refractivity contribution in [2.75, 3.05) is 0 Å². The Bertz CT molecular complexity index is 222. The van der Waals surface area contributed by atoms with Gasteiger partial charge in [0.05, 0.1) is 5.38 Å². The molecule has 1 N–H and O–H groups in total. The molecule has 2 unspecified atom stereocenters. The van der Waals surface area contributed by atoms with Crippen molar-refractivity contribution in [1.29, 1.82) is 0 Å². The van der Waals surface area contributed by atoms with Crippen LogP contribution in [0.15, 0.2) is 24.8 Å². The van der Waals surface area contributed by atoms with E-state index in [0.717, 1.165) is 0 Å². The minimum atomic E-state index is -1.51. The fourth-order valence-electron chi connectivity index (χ4n) is 1.03. The van der Waals surface area contributed by atoms with Crippen molar-refractivity contribution in [3.05, 3.63) is 24.8 Å². The number of hydrogen-bond donors (Lipinski definition) is 1. The Balaban J connectivity index is 2.88. The third-order valence-corrected chi connectivity index (χ3v) is 2.26. The molecule has 3 heteroatoms. The van der Waals surface area contributed by atoms with Crippen LogP contribution in [0, 0.1) is 0 Å². The number of aliphatic hydroxyl groups is 1. The Labute approximate surface area is 70.2 Å². The van der Waals surface area contributed by atoms with Crippen molar-refractivity contribution in [1.82, 2.24) is 0 Å². The van der Waals surface area contributed by atoms with E-state index < -0.39 is 11.0 Å². The number of ketones is 1. The first-order valence-electron chi connectivity index (χ1n) is 3.31. The molecule has 2 nitrogen and oxygen atoms in total. The Hall–Kier alpha value is -0.600. The molecule has 0 aromatic heterocycles. The van der Waals surface area contributed by atoms with Gasteiger partial charge in [-0.25, -0.2) is 0 Å². The second-order valence-corrected chi connectivity index (χ2v) is 2.96. The van der Waals surface area contributed by atoms with Crippen LogP contribution in [0.1, 0.15) is 6.42 Å². The van der Waals surface area contributed by atoms with Crippen LogP contribution in [0.4, 0.5) is 0 Å². The highest BCUT2D eigenvalue weighted by Gasteiger charge is 2.40. The fourth-order valence-corrected chi connectivity index (χ4v) is 1.22. The lowest BCUT2D eigenvalue weighted by molar-refractivity contribution is -0.130. The lowest BCUT2D eigenvalue weighted by Gasteiger charge is -2.21. The molecule has 0 saturated heterocycles. The summed E-state index contributed by atoms with van der Waals surface area (Å²) in [7, 11) is 0. The summed E-state index contributed by atoms with van der Waals surface area (Å²) in [5.41, 5.74) is -1.51. The van der Waals surface area contributed by atoms with Gasteiger partial charge in [0.1, 0.15) is 0 Å². The Morgan fingerprint density at radius 3 is 2.91 bits per heavy atom. The number of halogens is 1. The molecule has 2 atom stereocenters. The van der Waals surface area contributed by atoms with Crippen molar-refractivity contribution in [3.63, 3.8) is 0 Å². The van der Waals surface area contributed by atoms with E-state index in [1.54, 1.807) is 6.08 Å². The van der Waals surface area contributed by atoms with Crippen LogP contribution in [-0.2, 0) is 4.79 Å². The fraction of sp³-hybridized carbons (Fsp3) is 0.375. The molecule has 60 valence electrons. The molecule has 0 aliphatic heterocycles. The summed E-state index contributed by atoms with van der Waals surface area (Å²) in [6.07, 6.45) is 4.65. The van der Waals surface area contributed by atoms with Crippen LogP contribution in [-0.4, -0.2) is 21.9 Å². The monoisotopic (exact) mass is 172 g/mol. The van der Waals surface area contributed by atoms with E-state index in [4.69, 9.17) is 11.6 Å². The molecular formula is C8H9ClO2. The summed E-state index contributed by atoms with van der Waals surface area (Å²) in [6.45, 7) is 3.41. The van der Waals surface area contributed by atoms with Gasteiger partial charge >= 0.3 is 0 Å². The topological polar surface area (TPSA) is 37.3 Å². The van der Waals surface area contributed by atoms with Crippen LogP contribution in [0.3, 0.4) is 0 Å². The molecule has 0 spiro atoms. The maximum Gasteiger partial charge on any atom is 0.173 e. The smallest absolute Gasteiger partial charge is 0.173 e. The average molecular weight is 173 g/mol. The van der Waals surface area contributed by atoms with Crippen molar-refractivity contribution < 1.29 is 9.90 Å². The molecule has 1 aliphatic carbocycles. The third-order valence-electron chi connectivity index (χ3n) is 1.75. The second kappa shape index (κ2) is 2.80. The van der Waals surface area contributed by atoms with Gasteiger partial charge in [0, 0.05) is 6.42 Å². The van der Waals surface area contributed by atoms with E-state index in [0.29, 0.717) is 0 Å². The molecule has 0 aromatic rings. The van der Waals surface area contributed by atoms with Crippen LogP contribution in [0.25, 0.3) is 0 Å². The predicted molar refractivity (Wildman–Crippen MR) is 43.6 cm³/mol. The van der Waals surface area contributed by atoms with E-state index in [1.807, 2.05) is 0 Å². The van der Waals surface area contributed by atoms with Crippen molar-refractivity contribution in [2.24, 2.45) is 0 Å². The zero-order valence-corrected chi connectivity index (χ0v) is 6.71. The lowest BCUT2D eigenvalue weighted by atomic mass is 9.98. The van der Waals surface area contributed by atoms with Crippen molar-refractivity contribution in [3.8, 4) is 0 Å². The summed E-state index contributed by atoms with van der Waals surface area (Å²) in [5.74, 6) is -0.266. The SMILES string of the molecule is C=CC(Cl)C1(O)C=CCC1=O. The van der Waals surface area contributed by atoms with Gasteiger partial charge in [0.2, 0.25) is 0 Å². The van der Waals surface area contributed by atoms with Crippen LogP contribution in [0.2, 0.25) is 0 Å². The molecule has 1 aliphatic rings. The maximum absolute atomic E-state index is 11.1. The van der Waals surface area contributed by atoms with Crippen molar-refractivity contribution >= 4 is 17.4 Å². The van der Waals surface area contributed by atoms with E-state index in [-0.39, 0.29) is 12.2 Å². The van der Waals surface area contributed by atoms with E-state index in [2.05, 4.69) is 6.58 Å². The van der Waals surface area contributed by atoms with E-state index in [9.17, 15) is 9.90 Å². The number of Topliss-reactive ketones (excluding diaryl/α,β-unsaturated/α-hetero) is 1. The minimum Gasteiger partial charge on any atom is -0.376 e. The van der Waals surface area contributed by atoms with Gasteiger partial charge in [-0.15, -0.1) is 18.2 Å². The Kier molecular flexibility index (Phi) is 2.16. The number of carbonyl (C=O) groups is 1. The highest BCUT2D eigenvalue weighted by molar-refractivity contribution is 6.25. The largest absolute Gasteiger partial charge is 0.376 e. The predicted octanol–water partition coefficient (Wildman–Crippen LogP) is 1.04. The first-order valence-corrected chi connectivity index (χ1v) is 3.75. The lowest BCUT2D eigenvalue weighted by Crippen LogP contribution is -2.41. The molecule has 0 saturated carbocycles. The van der Waals surface area contributed by atoms with Gasteiger partial charge in [0.25, 0.3) is 0 Å². The van der Waals surface area contributed by atoms with Gasteiger partial charge in [0.15, 0.2) is 11.4 Å². The molecule has 0 heterocycles. The summed E-state index contributed by atoms with van der Waals surface area (Å²) < 4.78 is 0. The Morgan fingerprint density at radius 2 is 2.55 bits per heavy atom. The zero-order chi connectivity index (χ0) is 8.48. The molecule has 0 bridgehead atoms. The summed E-state index contributed by atoms with van der Waals surface area (Å²) in [5, 5.41) is 8.86. The number of carbonyl (C=O) groups excluding carboxylic acids is 1. The Morgan fingerprint density at radius 1 is 1.91 bits per heavy atom. The summed E-state index contributed by atoms with van der Waals surface area (Å²) >= 11 is 5.67. The standard InChI is InChI=1S/C8H9ClO2/c1-2-6(9)8(11)5-3-4-7(8)10/h2-3,5-6,11H,1,4H2. The van der Waals surface area contributed by atoms with E-state index >= 15 is 0 Å². The highest BCUT2D eigenvalue weighted by atomic mass is 35.5. The highest BCUT2D eigenvalue weighted by Crippen LogP contribution is 2.26. The summed E-state index contributed by atoms with van der Waals surface area (Å²) in [4.78, 5) is 11.1. The van der Waals surface area contributed by atoms with Crippen LogP contribution in [0.5, 0.6) is 0 Å². The molecule has 11 heavy (non-hydrogen) atoms. The molecule has 0 radical (unpaired) electrons. The third kappa shape index (κ3) is 1.24. The first kappa shape index (κ1) is 8.50. The first-order chi connectivity index (χ1) is 5.11. The van der Waals surface area contributed by atoms with E-state index in [1.165, 1.54) is 12.2 Å². The normalized spacial score (nSPS) is 32.4. The maximum atomic E-state index is 11.1. The zero-order valence-electron chi connectivity index (χ0n) is 5.96. The molecule has 0 aromatic carbocycles. The van der Waals surface area contributed by atoms with Gasteiger partial charge in [-0.2, -0.15) is 0 Å². The number of hydrogen-bond acceptors (Lipinski definition) is 2. The van der Waals surface area contributed by atoms with Crippen molar-refractivity contribution in [2.45, 2.75) is 17.4 Å². The van der Waals surface area contributed by atoms with Gasteiger partial charge < -0.3 is 5.11 Å². The number of alkyl halides is 1. The van der Waals surface area contributed by atoms with Crippen LogP contribution >= 0.6 is 11.6 Å². The minimum absolute atomic E-state index is 0.258.